The molecule has 0 aliphatic carbocycles. The minimum Gasteiger partial charge on any atom is -0.493 e. The number of hydrogen-bond donors (Lipinski definition) is 1. The van der Waals surface area contributed by atoms with E-state index in [4.69, 9.17) is 4.74 Å². The van der Waals surface area contributed by atoms with Crippen LogP contribution in [0.4, 0.5) is 5.69 Å². The molecule has 3 rings (SSSR count). The topological polar surface area (TPSA) is 74.8 Å². The third-order valence-corrected chi connectivity index (χ3v) is 5.27. The molecule has 1 N–H and O–H groups in total. The van der Waals surface area contributed by atoms with Crippen LogP contribution in [0.3, 0.4) is 0 Å². The van der Waals surface area contributed by atoms with Gasteiger partial charge in [-0.3, -0.25) is 14.6 Å². The largest absolute Gasteiger partial charge is 0.493 e. The number of nitrogens with zero attached hydrogens (tertiary/aromatic N) is 3. The number of carbonyl (C=O) groups is 2. The number of anilines is 1. The van der Waals surface area contributed by atoms with Gasteiger partial charge in [-0.05, 0) is 37.1 Å². The van der Waals surface area contributed by atoms with Crippen molar-refractivity contribution in [1.29, 1.82) is 0 Å². The maximum Gasteiger partial charge on any atom is 0.255 e. The Labute approximate surface area is 178 Å². The first kappa shape index (κ1) is 21.6. The fourth-order valence-electron chi connectivity index (χ4n) is 3.60. The lowest BCUT2D eigenvalue weighted by Gasteiger charge is -2.38. The molecule has 2 aromatic rings. The summed E-state index contributed by atoms with van der Waals surface area (Å²) in [5, 5.41) is 2.94. The Morgan fingerprint density at radius 3 is 2.37 bits per heavy atom. The van der Waals surface area contributed by atoms with E-state index in [1.807, 2.05) is 43.9 Å². The SMILES string of the molecule is CCOc1ccccc1C(=O)N[C@H](C(=O)N1CCN(c2ccncc2)CC1)C(C)C. The van der Waals surface area contributed by atoms with Crippen LogP contribution < -0.4 is 15.0 Å². The molecule has 1 fully saturated rings. The van der Waals surface area contributed by atoms with Gasteiger partial charge in [0.25, 0.3) is 5.91 Å². The molecule has 1 saturated heterocycles. The molecule has 0 radical (unpaired) electrons. The summed E-state index contributed by atoms with van der Waals surface area (Å²) >= 11 is 0. The van der Waals surface area contributed by atoms with Gasteiger partial charge in [0.15, 0.2) is 0 Å². The van der Waals surface area contributed by atoms with Crippen molar-refractivity contribution in [3.63, 3.8) is 0 Å². The number of amides is 2. The minimum atomic E-state index is -0.584. The summed E-state index contributed by atoms with van der Waals surface area (Å²) in [7, 11) is 0. The van der Waals surface area contributed by atoms with Crippen molar-refractivity contribution in [3.05, 3.63) is 54.4 Å². The molecular weight excluding hydrogens is 380 g/mol. The van der Waals surface area contributed by atoms with Gasteiger partial charge in [0, 0.05) is 44.3 Å². The zero-order valence-corrected chi connectivity index (χ0v) is 17.9. The average molecular weight is 411 g/mol. The Balaban J connectivity index is 1.65. The first-order valence-corrected chi connectivity index (χ1v) is 10.5. The van der Waals surface area contributed by atoms with Crippen LogP contribution in [0.2, 0.25) is 0 Å². The zero-order valence-electron chi connectivity index (χ0n) is 17.9. The third kappa shape index (κ3) is 5.09. The number of piperazine rings is 1. The molecule has 0 saturated carbocycles. The minimum absolute atomic E-state index is 0.0288. The Morgan fingerprint density at radius 2 is 1.73 bits per heavy atom. The molecule has 1 atom stereocenters. The average Bonchev–Trinajstić information content (AvgIpc) is 2.78. The van der Waals surface area contributed by atoms with E-state index in [-0.39, 0.29) is 17.7 Å². The van der Waals surface area contributed by atoms with Gasteiger partial charge in [-0.15, -0.1) is 0 Å². The third-order valence-electron chi connectivity index (χ3n) is 5.27. The number of rotatable bonds is 7. The van der Waals surface area contributed by atoms with E-state index in [2.05, 4.69) is 15.2 Å². The summed E-state index contributed by atoms with van der Waals surface area (Å²) in [4.78, 5) is 34.3. The number of carbonyl (C=O) groups excluding carboxylic acids is 2. The second-order valence-corrected chi connectivity index (χ2v) is 7.64. The van der Waals surface area contributed by atoms with Gasteiger partial charge in [0.05, 0.1) is 12.2 Å². The lowest BCUT2D eigenvalue weighted by Crippen LogP contribution is -2.56. The number of aromatic nitrogens is 1. The van der Waals surface area contributed by atoms with E-state index < -0.39 is 6.04 Å². The number of ether oxygens (including phenoxy) is 1. The predicted molar refractivity (Wildman–Crippen MR) is 117 cm³/mol. The quantitative estimate of drug-likeness (QED) is 0.759. The molecule has 0 spiro atoms. The van der Waals surface area contributed by atoms with Gasteiger partial charge >= 0.3 is 0 Å². The van der Waals surface area contributed by atoms with E-state index >= 15 is 0 Å². The summed E-state index contributed by atoms with van der Waals surface area (Å²) in [5.41, 5.74) is 1.55. The van der Waals surface area contributed by atoms with E-state index in [9.17, 15) is 9.59 Å². The Bertz CT molecular complexity index is 849. The van der Waals surface area contributed by atoms with Crippen LogP contribution in [-0.2, 0) is 4.79 Å². The molecule has 7 heteroatoms. The van der Waals surface area contributed by atoms with Crippen LogP contribution in [0.25, 0.3) is 0 Å². The molecular formula is C23H30N4O3. The summed E-state index contributed by atoms with van der Waals surface area (Å²) in [6.45, 7) is 8.99. The predicted octanol–water partition coefficient (Wildman–Crippen LogP) is 2.58. The van der Waals surface area contributed by atoms with Gasteiger partial charge in [0.1, 0.15) is 11.8 Å². The Morgan fingerprint density at radius 1 is 1.07 bits per heavy atom. The number of pyridine rings is 1. The van der Waals surface area contributed by atoms with Crippen molar-refractivity contribution < 1.29 is 14.3 Å². The van der Waals surface area contributed by atoms with E-state index in [0.717, 1.165) is 18.8 Å². The van der Waals surface area contributed by atoms with Crippen LogP contribution in [0, 0.1) is 5.92 Å². The highest BCUT2D eigenvalue weighted by atomic mass is 16.5. The van der Waals surface area contributed by atoms with Crippen molar-refractivity contribution in [2.24, 2.45) is 5.92 Å². The molecule has 1 aliphatic heterocycles. The first-order valence-electron chi connectivity index (χ1n) is 10.5. The fourth-order valence-corrected chi connectivity index (χ4v) is 3.60. The summed E-state index contributed by atoms with van der Waals surface area (Å²) in [5.74, 6) is 0.167. The molecule has 2 heterocycles. The number of nitrogens with one attached hydrogen (secondary N) is 1. The van der Waals surface area contributed by atoms with Gasteiger partial charge in [-0.25, -0.2) is 0 Å². The van der Waals surface area contributed by atoms with Gasteiger partial charge in [-0.2, -0.15) is 0 Å². The second-order valence-electron chi connectivity index (χ2n) is 7.64. The second kappa shape index (κ2) is 10.1. The van der Waals surface area contributed by atoms with Crippen molar-refractivity contribution >= 4 is 17.5 Å². The number of benzene rings is 1. The van der Waals surface area contributed by atoms with E-state index in [1.165, 1.54) is 0 Å². The molecule has 1 aliphatic rings. The van der Waals surface area contributed by atoms with Crippen molar-refractivity contribution in [2.75, 3.05) is 37.7 Å². The molecule has 30 heavy (non-hydrogen) atoms. The summed E-state index contributed by atoms with van der Waals surface area (Å²) in [6, 6.07) is 10.5. The van der Waals surface area contributed by atoms with Gasteiger partial charge in [-0.1, -0.05) is 26.0 Å². The van der Waals surface area contributed by atoms with Crippen molar-refractivity contribution in [3.8, 4) is 5.75 Å². The summed E-state index contributed by atoms with van der Waals surface area (Å²) < 4.78 is 5.56. The monoisotopic (exact) mass is 410 g/mol. The number of hydrogen-bond acceptors (Lipinski definition) is 5. The molecule has 1 aromatic heterocycles. The molecule has 160 valence electrons. The van der Waals surface area contributed by atoms with Crippen molar-refractivity contribution in [1.82, 2.24) is 15.2 Å². The Kier molecular flexibility index (Phi) is 7.27. The van der Waals surface area contributed by atoms with Crippen LogP contribution in [0.1, 0.15) is 31.1 Å². The number of para-hydroxylation sites is 1. The van der Waals surface area contributed by atoms with Crippen LogP contribution >= 0.6 is 0 Å². The normalized spacial score (nSPS) is 15.1. The zero-order chi connectivity index (χ0) is 21.5. The maximum atomic E-state index is 13.2. The molecule has 0 unspecified atom stereocenters. The maximum absolute atomic E-state index is 13.2. The van der Waals surface area contributed by atoms with Crippen LogP contribution in [0.5, 0.6) is 5.75 Å². The van der Waals surface area contributed by atoms with E-state index in [0.29, 0.717) is 31.0 Å². The molecule has 0 bridgehead atoms. The summed E-state index contributed by atoms with van der Waals surface area (Å²) in [6.07, 6.45) is 3.55. The lowest BCUT2D eigenvalue weighted by atomic mass is 10.0. The Hall–Kier alpha value is -3.09. The molecule has 2 amide bonds. The lowest BCUT2D eigenvalue weighted by molar-refractivity contribution is -0.134. The van der Waals surface area contributed by atoms with Gasteiger partial charge in [0.2, 0.25) is 5.91 Å². The smallest absolute Gasteiger partial charge is 0.255 e. The fraction of sp³-hybridized carbons (Fsp3) is 0.435. The van der Waals surface area contributed by atoms with Crippen molar-refractivity contribution in [2.45, 2.75) is 26.8 Å². The van der Waals surface area contributed by atoms with Crippen LogP contribution in [0.15, 0.2) is 48.8 Å². The highest BCUT2D eigenvalue weighted by Crippen LogP contribution is 2.20. The molecule has 7 nitrogen and oxygen atoms in total. The standard InChI is InChI=1S/C23H30N4O3/c1-4-30-20-8-6-5-7-19(20)22(28)25-21(17(2)3)23(29)27-15-13-26(14-16-27)18-9-11-24-12-10-18/h5-12,17,21H,4,13-16H2,1-3H3,(H,25,28)/t21-/m0/s1. The molecule has 1 aromatic carbocycles. The first-order chi connectivity index (χ1) is 14.5. The van der Waals surface area contributed by atoms with E-state index in [1.54, 1.807) is 30.6 Å². The van der Waals surface area contributed by atoms with Crippen LogP contribution in [-0.4, -0.2) is 60.5 Å². The van der Waals surface area contributed by atoms with Gasteiger partial charge < -0.3 is 19.9 Å². The highest BCUT2D eigenvalue weighted by Gasteiger charge is 2.31. The highest BCUT2D eigenvalue weighted by molar-refractivity contribution is 5.99.